The average Bonchev–Trinajstić information content (AvgIpc) is 3.46. The van der Waals surface area contributed by atoms with Crippen molar-refractivity contribution in [3.63, 3.8) is 0 Å². The van der Waals surface area contributed by atoms with Gasteiger partial charge in [-0.1, -0.05) is 230 Å². The minimum absolute atomic E-state index is 0.0502. The summed E-state index contributed by atoms with van der Waals surface area (Å²) in [6.07, 6.45) is 55.0. The van der Waals surface area contributed by atoms with Gasteiger partial charge < -0.3 is 39.0 Å². The summed E-state index contributed by atoms with van der Waals surface area (Å²) in [6, 6.07) is 0. The summed E-state index contributed by atoms with van der Waals surface area (Å²) in [6.45, 7) is 5.98. The summed E-state index contributed by atoms with van der Waals surface area (Å²) in [4.78, 5) is 51.3. The molecule has 12 nitrogen and oxygen atoms in total. The van der Waals surface area contributed by atoms with E-state index in [2.05, 4.69) is 69.4 Å². The number of rotatable bonds is 56. The predicted octanol–water partition coefficient (Wildman–Crippen LogP) is 17.3. The summed E-state index contributed by atoms with van der Waals surface area (Å²) < 4.78 is 28.5. The van der Waals surface area contributed by atoms with Gasteiger partial charge in [0.05, 0.1) is 6.61 Å². The molecule has 1 aliphatic rings. The highest BCUT2D eigenvalue weighted by Gasteiger charge is 2.50. The highest BCUT2D eigenvalue weighted by atomic mass is 16.7. The molecule has 1 heterocycles. The molecule has 1 rings (SSSR count). The number of carboxylic acid groups (broad SMARTS) is 1. The minimum Gasteiger partial charge on any atom is -0.479 e. The molecular formula is C67H118O12. The number of hydrogen-bond acceptors (Lipinski definition) is 11. The van der Waals surface area contributed by atoms with Crippen LogP contribution in [0.15, 0.2) is 48.6 Å². The molecule has 0 radical (unpaired) electrons. The fourth-order valence-corrected chi connectivity index (χ4v) is 9.80. The molecule has 0 aromatic carbocycles. The van der Waals surface area contributed by atoms with Gasteiger partial charge in [-0.2, -0.15) is 0 Å². The van der Waals surface area contributed by atoms with Gasteiger partial charge in [0, 0.05) is 19.3 Å². The van der Waals surface area contributed by atoms with Crippen LogP contribution in [0.4, 0.5) is 0 Å². The minimum atomic E-state index is -1.91. The van der Waals surface area contributed by atoms with E-state index in [1.165, 1.54) is 141 Å². The van der Waals surface area contributed by atoms with Gasteiger partial charge in [0.15, 0.2) is 24.6 Å². The molecule has 0 aromatic heterocycles. The molecule has 0 aliphatic carbocycles. The van der Waals surface area contributed by atoms with Crippen LogP contribution in [0.1, 0.15) is 303 Å². The highest BCUT2D eigenvalue weighted by molar-refractivity contribution is 5.74. The quantitative estimate of drug-likeness (QED) is 0.0228. The molecule has 0 amide bonds. The second kappa shape index (κ2) is 55.2. The van der Waals surface area contributed by atoms with Gasteiger partial charge in [0.2, 0.25) is 0 Å². The Morgan fingerprint density at radius 2 is 0.759 bits per heavy atom. The first-order valence-electron chi connectivity index (χ1n) is 32.6. The Balaban J connectivity index is 2.66. The third-order valence-electron chi connectivity index (χ3n) is 14.8. The van der Waals surface area contributed by atoms with Crippen molar-refractivity contribution >= 4 is 23.9 Å². The maximum absolute atomic E-state index is 13.2. The molecule has 6 atom stereocenters. The maximum atomic E-state index is 13.2. The number of hydrogen-bond donors (Lipinski definition) is 3. The van der Waals surface area contributed by atoms with Crippen LogP contribution in [0.25, 0.3) is 0 Å². The standard InChI is InChI=1S/C67H118O12/c1-4-7-10-13-16-19-22-25-28-29-30-31-34-35-38-41-44-47-50-53-59(68)75-56-58(77-60(69)54-51-48-45-42-39-36-32-26-23-20-17-14-11-8-5-2)57-76-67-65(63(72)62(71)64(79-67)66(73)74)78-61(70)55-52-49-46-43-40-37-33-27-24-21-18-15-12-9-6-3/h17,20,25-28,32-33,58,62-65,67,71-72H,4-16,18-19,21-24,29-31,34-57H2,1-3H3,(H,73,74)/b20-17-,28-25-,32-26-,33-27-. The van der Waals surface area contributed by atoms with Crippen LogP contribution in [-0.2, 0) is 42.9 Å². The number of carbonyl (C=O) groups excluding carboxylic acids is 3. The SMILES string of the molecule is CCCCC/C=C\C/C=C\CCCCCCCC(=O)OC(COC(=O)CCCCCCCCCCC/C=C\CCCCCCCC)COC1OC(C(=O)O)C(O)C(O)C1OC(=O)CCCCCCC/C=C\CCCCCCCC. The summed E-state index contributed by atoms with van der Waals surface area (Å²) >= 11 is 0. The molecule has 1 saturated heterocycles. The molecule has 1 aliphatic heterocycles. The van der Waals surface area contributed by atoms with Crippen LogP contribution in [0.5, 0.6) is 0 Å². The van der Waals surface area contributed by atoms with E-state index in [-0.39, 0.29) is 25.9 Å². The van der Waals surface area contributed by atoms with Crippen LogP contribution < -0.4 is 0 Å². The Morgan fingerprint density at radius 1 is 0.418 bits per heavy atom. The van der Waals surface area contributed by atoms with Crippen molar-refractivity contribution in [2.75, 3.05) is 13.2 Å². The number of aliphatic hydroxyl groups is 2. The largest absolute Gasteiger partial charge is 0.479 e. The Kier molecular flexibility index (Phi) is 51.5. The van der Waals surface area contributed by atoms with E-state index in [1.807, 2.05) is 0 Å². The molecule has 79 heavy (non-hydrogen) atoms. The summed E-state index contributed by atoms with van der Waals surface area (Å²) in [5, 5.41) is 31.6. The van der Waals surface area contributed by atoms with Gasteiger partial charge in [-0.15, -0.1) is 0 Å². The molecule has 6 unspecified atom stereocenters. The monoisotopic (exact) mass is 1110 g/mol. The van der Waals surface area contributed by atoms with Gasteiger partial charge >= 0.3 is 23.9 Å². The fourth-order valence-electron chi connectivity index (χ4n) is 9.80. The van der Waals surface area contributed by atoms with Crippen molar-refractivity contribution in [1.29, 1.82) is 0 Å². The van der Waals surface area contributed by atoms with Crippen LogP contribution in [-0.4, -0.2) is 89.2 Å². The van der Waals surface area contributed by atoms with Gasteiger partial charge in [-0.05, 0) is 103 Å². The number of ether oxygens (including phenoxy) is 5. The van der Waals surface area contributed by atoms with Gasteiger partial charge in [-0.3, -0.25) is 14.4 Å². The van der Waals surface area contributed by atoms with Crippen LogP contribution in [0.2, 0.25) is 0 Å². The fraction of sp³-hybridized carbons (Fsp3) is 0.821. The van der Waals surface area contributed by atoms with E-state index in [9.17, 15) is 34.5 Å². The zero-order valence-corrected chi connectivity index (χ0v) is 50.6. The van der Waals surface area contributed by atoms with E-state index < -0.39 is 67.3 Å². The molecule has 0 bridgehead atoms. The zero-order chi connectivity index (χ0) is 57.5. The lowest BCUT2D eigenvalue weighted by Gasteiger charge is -2.40. The molecule has 12 heteroatoms. The lowest BCUT2D eigenvalue weighted by atomic mass is 9.98. The van der Waals surface area contributed by atoms with Crippen LogP contribution in [0, 0.1) is 0 Å². The van der Waals surface area contributed by atoms with Crippen molar-refractivity contribution in [3.8, 4) is 0 Å². The number of unbranched alkanes of at least 4 members (excludes halogenated alkanes) is 34. The number of esters is 3. The van der Waals surface area contributed by atoms with Gasteiger partial charge in [0.25, 0.3) is 0 Å². The molecule has 0 spiro atoms. The number of aliphatic carboxylic acids is 1. The van der Waals surface area contributed by atoms with Crippen molar-refractivity contribution in [2.45, 2.75) is 340 Å². The molecule has 3 N–H and O–H groups in total. The smallest absolute Gasteiger partial charge is 0.335 e. The zero-order valence-electron chi connectivity index (χ0n) is 50.6. The Hall–Kier alpha value is -3.32. The lowest BCUT2D eigenvalue weighted by molar-refractivity contribution is -0.301. The molecule has 0 saturated carbocycles. The van der Waals surface area contributed by atoms with Crippen molar-refractivity contribution in [1.82, 2.24) is 0 Å². The van der Waals surface area contributed by atoms with E-state index in [0.717, 1.165) is 103 Å². The highest BCUT2D eigenvalue weighted by Crippen LogP contribution is 2.27. The summed E-state index contributed by atoms with van der Waals surface area (Å²) in [5.74, 6) is -3.13. The number of allylic oxidation sites excluding steroid dienone is 8. The summed E-state index contributed by atoms with van der Waals surface area (Å²) in [7, 11) is 0. The summed E-state index contributed by atoms with van der Waals surface area (Å²) in [5.41, 5.74) is 0. The number of carboxylic acids is 1. The number of carbonyl (C=O) groups is 4. The first kappa shape index (κ1) is 73.7. The topological polar surface area (TPSA) is 175 Å². The predicted molar refractivity (Wildman–Crippen MR) is 322 cm³/mol. The Labute approximate surface area is 482 Å². The van der Waals surface area contributed by atoms with Crippen LogP contribution in [0.3, 0.4) is 0 Å². The Bertz CT molecular complexity index is 1560. The van der Waals surface area contributed by atoms with Crippen molar-refractivity contribution in [2.24, 2.45) is 0 Å². The molecule has 0 aromatic rings. The third kappa shape index (κ3) is 45.0. The Morgan fingerprint density at radius 3 is 1.18 bits per heavy atom. The van der Waals surface area contributed by atoms with Gasteiger partial charge in [0.1, 0.15) is 18.8 Å². The van der Waals surface area contributed by atoms with Gasteiger partial charge in [-0.25, -0.2) is 4.79 Å². The number of aliphatic hydroxyl groups excluding tert-OH is 2. The van der Waals surface area contributed by atoms with E-state index in [4.69, 9.17) is 23.7 Å². The third-order valence-corrected chi connectivity index (χ3v) is 14.8. The first-order chi connectivity index (χ1) is 38.6. The first-order valence-corrected chi connectivity index (χ1v) is 32.6. The van der Waals surface area contributed by atoms with E-state index >= 15 is 0 Å². The van der Waals surface area contributed by atoms with E-state index in [1.54, 1.807) is 0 Å². The molecule has 458 valence electrons. The average molecular weight is 1120 g/mol. The van der Waals surface area contributed by atoms with Crippen molar-refractivity contribution < 1.29 is 58.2 Å². The normalized spacial score (nSPS) is 18.1. The maximum Gasteiger partial charge on any atom is 0.335 e. The lowest BCUT2D eigenvalue weighted by Crippen LogP contribution is -2.61. The van der Waals surface area contributed by atoms with Crippen molar-refractivity contribution in [3.05, 3.63) is 48.6 Å². The second-order valence-electron chi connectivity index (χ2n) is 22.4. The molecule has 1 fully saturated rings. The second-order valence-corrected chi connectivity index (χ2v) is 22.4. The van der Waals surface area contributed by atoms with Crippen LogP contribution >= 0.6 is 0 Å². The van der Waals surface area contributed by atoms with E-state index in [0.29, 0.717) is 19.3 Å². The molecular weight excluding hydrogens is 997 g/mol.